The smallest absolute Gasteiger partial charge is 0.185 e. The van der Waals surface area contributed by atoms with Gasteiger partial charge in [0.1, 0.15) is 11.6 Å². The molecule has 0 amide bonds. The van der Waals surface area contributed by atoms with Crippen LogP contribution in [0, 0.1) is 5.21 Å². The molecule has 142 valence electrons. The summed E-state index contributed by atoms with van der Waals surface area (Å²) in [4.78, 5) is 7.04. The summed E-state index contributed by atoms with van der Waals surface area (Å²) >= 11 is 3.52. The Labute approximate surface area is 165 Å². The molecule has 4 rings (SSSR count). The summed E-state index contributed by atoms with van der Waals surface area (Å²) in [5, 5.41) is 28.6. The Hall–Kier alpha value is -2.39. The van der Waals surface area contributed by atoms with E-state index < -0.39 is 0 Å². The van der Waals surface area contributed by atoms with Crippen LogP contribution < -0.4 is 14.9 Å². The Morgan fingerprint density at radius 1 is 1.44 bits per heavy atom. The van der Waals surface area contributed by atoms with E-state index in [1.807, 2.05) is 12.1 Å². The molecule has 0 saturated carbocycles. The maximum absolute atomic E-state index is 11.5. The summed E-state index contributed by atoms with van der Waals surface area (Å²) < 4.78 is 3.36. The lowest BCUT2D eigenvalue weighted by Gasteiger charge is -2.26. The number of fused-ring (bicyclic) bond motifs is 1. The molecule has 2 N–H and O–H groups in total. The minimum absolute atomic E-state index is 0.175. The molecular weight excluding hydrogens is 412 g/mol. The summed E-state index contributed by atoms with van der Waals surface area (Å²) in [6.07, 6.45) is 7.62. The van der Waals surface area contributed by atoms with Crippen molar-refractivity contribution in [2.45, 2.75) is 31.8 Å². The molecule has 3 aromatic heterocycles. The van der Waals surface area contributed by atoms with Crippen molar-refractivity contribution in [2.24, 2.45) is 0 Å². The van der Waals surface area contributed by atoms with Gasteiger partial charge in [0.05, 0.1) is 10.7 Å². The average Bonchev–Trinajstić information content (AvgIpc) is 3.27. The van der Waals surface area contributed by atoms with E-state index in [4.69, 9.17) is 4.98 Å². The highest BCUT2D eigenvalue weighted by Crippen LogP contribution is 2.30. The first-order chi connectivity index (χ1) is 13.2. The number of halogens is 1. The van der Waals surface area contributed by atoms with Crippen LogP contribution in [-0.4, -0.2) is 38.9 Å². The van der Waals surface area contributed by atoms with Gasteiger partial charge in [-0.3, -0.25) is 0 Å². The van der Waals surface area contributed by atoms with E-state index in [1.165, 1.54) is 6.20 Å². The molecule has 9 heteroatoms. The summed E-state index contributed by atoms with van der Waals surface area (Å²) in [5.74, 6) is 1.67. The number of hydrogen-bond donors (Lipinski definition) is 2. The summed E-state index contributed by atoms with van der Waals surface area (Å²) in [7, 11) is 0. The minimum Gasteiger partial charge on any atom is -0.619 e. The Morgan fingerprint density at radius 3 is 3.15 bits per heavy atom. The van der Waals surface area contributed by atoms with Gasteiger partial charge in [0.25, 0.3) is 0 Å². The van der Waals surface area contributed by atoms with Crippen molar-refractivity contribution >= 4 is 33.2 Å². The van der Waals surface area contributed by atoms with Gasteiger partial charge in [-0.05, 0) is 41.3 Å². The molecule has 0 aliphatic carbocycles. The van der Waals surface area contributed by atoms with Crippen molar-refractivity contribution < 1.29 is 9.84 Å². The average molecular weight is 433 g/mol. The highest BCUT2D eigenvalue weighted by atomic mass is 79.9. The van der Waals surface area contributed by atoms with Crippen molar-refractivity contribution in [3.63, 3.8) is 0 Å². The van der Waals surface area contributed by atoms with Crippen LogP contribution in [0.3, 0.4) is 0 Å². The van der Waals surface area contributed by atoms with Crippen molar-refractivity contribution in [3.05, 3.63) is 52.0 Å². The zero-order valence-electron chi connectivity index (χ0n) is 14.8. The lowest BCUT2D eigenvalue weighted by atomic mass is 10.1. The SMILES string of the molecule is [O-][n+]1cccc(CNc2cc(N3CCC[C@H]3CCO)nc3c(Br)cnn23)c1. The quantitative estimate of drug-likeness (QED) is 0.457. The van der Waals surface area contributed by atoms with Crippen molar-refractivity contribution in [2.75, 3.05) is 23.4 Å². The van der Waals surface area contributed by atoms with Crippen LogP contribution >= 0.6 is 15.9 Å². The molecule has 1 atom stereocenters. The van der Waals surface area contributed by atoms with E-state index in [0.717, 1.165) is 57.9 Å². The van der Waals surface area contributed by atoms with Crippen molar-refractivity contribution in [3.8, 4) is 0 Å². The van der Waals surface area contributed by atoms with Gasteiger partial charge < -0.3 is 20.5 Å². The number of nitrogens with zero attached hydrogens (tertiary/aromatic N) is 5. The van der Waals surface area contributed by atoms with Crippen molar-refractivity contribution in [1.29, 1.82) is 0 Å². The molecule has 1 fully saturated rings. The standard InChI is InChI=1S/C18H21BrN6O2/c19-15-11-21-25-16(20-10-13-3-1-6-23(27)12-13)9-17(22-18(15)25)24-7-2-4-14(24)5-8-26/h1,3,6,9,11-12,14,20,26H,2,4-5,7-8,10H2/t14-/m0/s1. The fraction of sp³-hybridized carbons (Fsp3) is 0.389. The molecule has 0 unspecified atom stereocenters. The molecule has 0 radical (unpaired) electrons. The molecular formula is C18H21BrN6O2. The molecule has 1 saturated heterocycles. The van der Waals surface area contributed by atoms with E-state index in [2.05, 4.69) is 31.2 Å². The summed E-state index contributed by atoms with van der Waals surface area (Å²) in [6, 6.07) is 5.91. The van der Waals surface area contributed by atoms with Gasteiger partial charge >= 0.3 is 0 Å². The third-order valence-electron chi connectivity index (χ3n) is 4.86. The topological polar surface area (TPSA) is 92.6 Å². The number of hydrogen-bond acceptors (Lipinski definition) is 6. The number of rotatable bonds is 6. The molecule has 0 bridgehead atoms. The Bertz CT molecular complexity index is 947. The summed E-state index contributed by atoms with van der Waals surface area (Å²) in [6.45, 7) is 1.60. The van der Waals surface area contributed by atoms with Gasteiger partial charge in [-0.2, -0.15) is 14.3 Å². The van der Waals surface area contributed by atoms with Gasteiger partial charge in [-0.1, -0.05) is 0 Å². The molecule has 27 heavy (non-hydrogen) atoms. The third-order valence-corrected chi connectivity index (χ3v) is 5.42. The predicted molar refractivity (Wildman–Crippen MR) is 105 cm³/mol. The van der Waals surface area contributed by atoms with Crippen molar-refractivity contribution in [1.82, 2.24) is 14.6 Å². The second-order valence-corrected chi connectivity index (χ2v) is 7.51. The van der Waals surface area contributed by atoms with E-state index in [-0.39, 0.29) is 6.61 Å². The maximum Gasteiger partial charge on any atom is 0.185 e. The predicted octanol–water partition coefficient (Wildman–Crippen LogP) is 2.09. The molecule has 1 aliphatic rings. The lowest BCUT2D eigenvalue weighted by Crippen LogP contribution is -2.31. The van der Waals surface area contributed by atoms with E-state index in [9.17, 15) is 10.3 Å². The highest BCUT2D eigenvalue weighted by molar-refractivity contribution is 9.10. The number of pyridine rings is 1. The molecule has 0 aromatic carbocycles. The second kappa shape index (κ2) is 7.69. The normalized spacial score (nSPS) is 17.0. The third kappa shape index (κ3) is 3.70. The monoisotopic (exact) mass is 432 g/mol. The van der Waals surface area contributed by atoms with Crippen LogP contribution in [0.25, 0.3) is 5.65 Å². The second-order valence-electron chi connectivity index (χ2n) is 6.65. The number of aliphatic hydroxyl groups excluding tert-OH is 1. The van der Waals surface area contributed by atoms with Crippen LogP contribution in [0.2, 0.25) is 0 Å². The Kier molecular flexibility index (Phi) is 5.13. The minimum atomic E-state index is 0.175. The summed E-state index contributed by atoms with van der Waals surface area (Å²) in [5.41, 5.74) is 1.61. The number of nitrogens with one attached hydrogen (secondary N) is 1. The zero-order valence-corrected chi connectivity index (χ0v) is 16.3. The number of aliphatic hydroxyl groups is 1. The van der Waals surface area contributed by atoms with Gasteiger partial charge in [0, 0.05) is 43.4 Å². The fourth-order valence-corrected chi connectivity index (χ4v) is 3.93. The molecule has 4 heterocycles. The number of anilines is 2. The maximum atomic E-state index is 11.5. The lowest BCUT2D eigenvalue weighted by molar-refractivity contribution is -0.605. The first-order valence-corrected chi connectivity index (χ1v) is 9.78. The van der Waals surface area contributed by atoms with E-state index in [0.29, 0.717) is 12.6 Å². The van der Waals surface area contributed by atoms with Gasteiger partial charge in [-0.15, -0.1) is 0 Å². The van der Waals surface area contributed by atoms with Gasteiger partial charge in [0.2, 0.25) is 0 Å². The molecule has 8 nitrogen and oxygen atoms in total. The molecule has 0 spiro atoms. The van der Waals surface area contributed by atoms with E-state index >= 15 is 0 Å². The largest absolute Gasteiger partial charge is 0.619 e. The molecule has 3 aromatic rings. The first-order valence-electron chi connectivity index (χ1n) is 8.99. The van der Waals surface area contributed by atoms with Crippen LogP contribution in [0.15, 0.2) is 41.3 Å². The Morgan fingerprint density at radius 2 is 2.33 bits per heavy atom. The fourth-order valence-electron chi connectivity index (χ4n) is 3.58. The number of aromatic nitrogens is 4. The van der Waals surface area contributed by atoms with Gasteiger partial charge in [0.15, 0.2) is 18.0 Å². The first kappa shape index (κ1) is 18.0. The van der Waals surface area contributed by atoms with Crippen LogP contribution in [0.1, 0.15) is 24.8 Å². The van der Waals surface area contributed by atoms with E-state index in [1.54, 1.807) is 23.0 Å². The van der Waals surface area contributed by atoms with Crippen LogP contribution in [0.5, 0.6) is 0 Å². The Balaban J connectivity index is 1.66. The zero-order chi connectivity index (χ0) is 18.8. The van der Waals surface area contributed by atoms with Crippen LogP contribution in [0.4, 0.5) is 11.6 Å². The van der Waals surface area contributed by atoms with Gasteiger partial charge in [-0.25, -0.2) is 4.98 Å². The van der Waals surface area contributed by atoms with Crippen LogP contribution in [-0.2, 0) is 6.54 Å². The highest BCUT2D eigenvalue weighted by Gasteiger charge is 2.26. The molecule has 1 aliphatic heterocycles.